The summed E-state index contributed by atoms with van der Waals surface area (Å²) >= 11 is 4.39. The van der Waals surface area contributed by atoms with Crippen molar-refractivity contribution in [3.05, 3.63) is 0 Å². The number of hydrogen-bond acceptors (Lipinski definition) is 2. The third-order valence-corrected chi connectivity index (χ3v) is 1.42. The molecule has 3 heteroatoms. The van der Waals surface area contributed by atoms with E-state index in [0.29, 0.717) is 0 Å². The molecule has 0 aliphatic heterocycles. The van der Waals surface area contributed by atoms with Crippen LogP contribution >= 0.6 is 25.0 Å². The molecule has 1 nitrogen and oxygen atoms in total. The van der Waals surface area contributed by atoms with Gasteiger partial charge in [0, 0.05) is 11.3 Å². The molecule has 0 spiro atoms. The molecule has 0 saturated carbocycles. The molecule has 0 radical (unpaired) electrons. The predicted octanol–water partition coefficient (Wildman–Crippen LogP) is 2.51. The molecule has 0 heterocycles. The smallest absolute Gasteiger partial charge is 0.0198 e. The quantitative estimate of drug-likeness (QED) is 0.510. The molecular weight excluding hydrogens is 178 g/mol. The molecule has 0 saturated heterocycles. The van der Waals surface area contributed by atoms with Crippen molar-refractivity contribution in [3.63, 3.8) is 0 Å². The van der Waals surface area contributed by atoms with E-state index in [9.17, 15) is 0 Å². The lowest BCUT2D eigenvalue weighted by Crippen LogP contribution is -2.30. The van der Waals surface area contributed by atoms with Crippen LogP contribution < -0.4 is 5.32 Å². The SMILES string of the molecule is CCCCNCC(C)(C)S.Cl. The van der Waals surface area contributed by atoms with E-state index >= 15 is 0 Å². The normalized spacial score (nSPS) is 10.9. The minimum atomic E-state index is 0. The second kappa shape index (κ2) is 7.26. The van der Waals surface area contributed by atoms with Crippen LogP contribution in [0.15, 0.2) is 0 Å². The summed E-state index contributed by atoms with van der Waals surface area (Å²) in [6.07, 6.45) is 2.53. The van der Waals surface area contributed by atoms with Crippen LogP contribution in [0.5, 0.6) is 0 Å². The number of halogens is 1. The Kier molecular flexibility index (Phi) is 9.33. The molecule has 0 aromatic rings. The van der Waals surface area contributed by atoms with E-state index in [1.165, 1.54) is 12.8 Å². The van der Waals surface area contributed by atoms with E-state index in [2.05, 4.69) is 38.7 Å². The molecule has 1 N–H and O–H groups in total. The highest BCUT2D eigenvalue weighted by atomic mass is 35.5. The van der Waals surface area contributed by atoms with Gasteiger partial charge in [0.25, 0.3) is 0 Å². The standard InChI is InChI=1S/C8H19NS.ClH/c1-4-5-6-9-7-8(2,3)10;/h9-10H,4-7H2,1-3H3;1H. The van der Waals surface area contributed by atoms with Crippen molar-refractivity contribution >= 4 is 25.0 Å². The van der Waals surface area contributed by atoms with Gasteiger partial charge in [-0.2, -0.15) is 12.6 Å². The minimum Gasteiger partial charge on any atom is -0.315 e. The average molecular weight is 198 g/mol. The summed E-state index contributed by atoms with van der Waals surface area (Å²) in [6.45, 7) is 8.56. The molecule has 0 fully saturated rings. The Bertz CT molecular complexity index is 80.7. The lowest BCUT2D eigenvalue weighted by atomic mass is 10.2. The first kappa shape index (κ1) is 14.1. The second-order valence-corrected chi connectivity index (χ2v) is 4.55. The monoisotopic (exact) mass is 197 g/mol. The van der Waals surface area contributed by atoms with Crippen molar-refractivity contribution < 1.29 is 0 Å². The van der Waals surface area contributed by atoms with E-state index in [-0.39, 0.29) is 17.2 Å². The molecular formula is C8H20ClNS. The molecule has 0 rings (SSSR count). The van der Waals surface area contributed by atoms with Gasteiger partial charge in [-0.3, -0.25) is 0 Å². The molecule has 0 bridgehead atoms. The van der Waals surface area contributed by atoms with E-state index in [1.54, 1.807) is 0 Å². The van der Waals surface area contributed by atoms with Crippen LogP contribution in [0.1, 0.15) is 33.6 Å². The largest absolute Gasteiger partial charge is 0.315 e. The fraction of sp³-hybridized carbons (Fsp3) is 1.00. The Balaban J connectivity index is 0. The van der Waals surface area contributed by atoms with Gasteiger partial charge < -0.3 is 5.32 Å². The highest BCUT2D eigenvalue weighted by Crippen LogP contribution is 2.08. The Labute approximate surface area is 82.2 Å². The van der Waals surface area contributed by atoms with Gasteiger partial charge in [0.15, 0.2) is 0 Å². The third kappa shape index (κ3) is 13.6. The molecule has 70 valence electrons. The molecule has 0 atom stereocenters. The van der Waals surface area contributed by atoms with E-state index in [1.807, 2.05) is 0 Å². The van der Waals surface area contributed by atoms with Gasteiger partial charge in [0.05, 0.1) is 0 Å². The highest BCUT2D eigenvalue weighted by Gasteiger charge is 2.08. The molecule has 0 aromatic carbocycles. The van der Waals surface area contributed by atoms with Gasteiger partial charge in [-0.15, -0.1) is 12.4 Å². The van der Waals surface area contributed by atoms with Crippen molar-refractivity contribution in [2.45, 2.75) is 38.4 Å². The van der Waals surface area contributed by atoms with Crippen LogP contribution in [-0.2, 0) is 0 Å². The van der Waals surface area contributed by atoms with Crippen LogP contribution in [0.4, 0.5) is 0 Å². The fourth-order valence-corrected chi connectivity index (χ4v) is 0.808. The Morgan fingerprint density at radius 3 is 2.27 bits per heavy atom. The van der Waals surface area contributed by atoms with Crippen molar-refractivity contribution in [3.8, 4) is 0 Å². The van der Waals surface area contributed by atoms with Gasteiger partial charge >= 0.3 is 0 Å². The summed E-state index contributed by atoms with van der Waals surface area (Å²) in [5.41, 5.74) is 0. The number of rotatable bonds is 5. The first-order valence-electron chi connectivity index (χ1n) is 3.99. The lowest BCUT2D eigenvalue weighted by molar-refractivity contribution is 0.575. The minimum absolute atomic E-state index is 0. The first-order chi connectivity index (χ1) is 4.56. The van der Waals surface area contributed by atoms with Crippen molar-refractivity contribution in [1.29, 1.82) is 0 Å². The van der Waals surface area contributed by atoms with Crippen LogP contribution in [0.2, 0.25) is 0 Å². The zero-order valence-corrected chi connectivity index (χ0v) is 9.39. The Morgan fingerprint density at radius 1 is 1.36 bits per heavy atom. The maximum Gasteiger partial charge on any atom is 0.0198 e. The van der Waals surface area contributed by atoms with E-state index < -0.39 is 0 Å². The second-order valence-electron chi connectivity index (χ2n) is 3.34. The van der Waals surface area contributed by atoms with E-state index in [0.717, 1.165) is 13.1 Å². The predicted molar refractivity (Wildman–Crippen MR) is 58.1 cm³/mol. The molecule has 0 aromatic heterocycles. The van der Waals surface area contributed by atoms with Gasteiger partial charge in [-0.25, -0.2) is 0 Å². The van der Waals surface area contributed by atoms with Crippen molar-refractivity contribution in [2.24, 2.45) is 0 Å². The fourth-order valence-electron chi connectivity index (χ4n) is 0.696. The maximum absolute atomic E-state index is 4.39. The summed E-state index contributed by atoms with van der Waals surface area (Å²) in [4.78, 5) is 0. The van der Waals surface area contributed by atoms with Crippen LogP contribution in [-0.4, -0.2) is 17.8 Å². The molecule has 11 heavy (non-hydrogen) atoms. The average Bonchev–Trinajstić information content (AvgIpc) is 1.78. The van der Waals surface area contributed by atoms with Crippen LogP contribution in [0, 0.1) is 0 Å². The third-order valence-electron chi connectivity index (χ3n) is 1.26. The van der Waals surface area contributed by atoms with Crippen LogP contribution in [0.3, 0.4) is 0 Å². The highest BCUT2D eigenvalue weighted by molar-refractivity contribution is 7.81. The summed E-state index contributed by atoms with van der Waals surface area (Å²) in [5.74, 6) is 0. The van der Waals surface area contributed by atoms with E-state index in [4.69, 9.17) is 0 Å². The van der Waals surface area contributed by atoms with Crippen molar-refractivity contribution in [1.82, 2.24) is 5.32 Å². The Morgan fingerprint density at radius 2 is 1.91 bits per heavy atom. The number of thiol groups is 1. The molecule has 0 aliphatic rings. The van der Waals surface area contributed by atoms with Gasteiger partial charge in [0.2, 0.25) is 0 Å². The number of unbranched alkanes of at least 4 members (excludes halogenated alkanes) is 1. The Hall–Kier alpha value is 0.600. The van der Waals surface area contributed by atoms with Gasteiger partial charge in [0.1, 0.15) is 0 Å². The summed E-state index contributed by atoms with van der Waals surface area (Å²) in [7, 11) is 0. The van der Waals surface area contributed by atoms with Crippen molar-refractivity contribution in [2.75, 3.05) is 13.1 Å². The maximum atomic E-state index is 4.39. The summed E-state index contributed by atoms with van der Waals surface area (Å²) in [6, 6.07) is 0. The number of hydrogen-bond donors (Lipinski definition) is 2. The van der Waals surface area contributed by atoms with Crippen LogP contribution in [0.25, 0.3) is 0 Å². The zero-order valence-electron chi connectivity index (χ0n) is 7.68. The summed E-state index contributed by atoms with van der Waals surface area (Å²) in [5, 5.41) is 3.35. The lowest BCUT2D eigenvalue weighted by Gasteiger charge is -2.17. The van der Waals surface area contributed by atoms with Gasteiger partial charge in [-0.1, -0.05) is 13.3 Å². The number of nitrogens with one attached hydrogen (secondary N) is 1. The summed E-state index contributed by atoms with van der Waals surface area (Å²) < 4.78 is 0.133. The molecule has 0 aliphatic carbocycles. The first-order valence-corrected chi connectivity index (χ1v) is 4.44. The molecule has 0 amide bonds. The zero-order chi connectivity index (χ0) is 8.04. The topological polar surface area (TPSA) is 12.0 Å². The molecule has 0 unspecified atom stereocenters. The van der Waals surface area contributed by atoms with Gasteiger partial charge in [-0.05, 0) is 26.8 Å².